The fraction of sp³-hybridized carbons (Fsp3) is 1.00. The molecule has 1 saturated carbocycles. The number of alkyl halides is 1. The topological polar surface area (TPSA) is 26.0 Å². The molecule has 0 radical (unpaired) electrons. The molecule has 2 heteroatoms. The third-order valence-corrected chi connectivity index (χ3v) is 3.83. The van der Waals surface area contributed by atoms with Gasteiger partial charge >= 0.3 is 0 Å². The highest BCUT2D eigenvalue weighted by molar-refractivity contribution is 4.85. The molecule has 0 aliphatic heterocycles. The highest BCUT2D eigenvalue weighted by Crippen LogP contribution is 2.38. The van der Waals surface area contributed by atoms with Crippen LogP contribution in [0, 0.1) is 11.8 Å². The summed E-state index contributed by atoms with van der Waals surface area (Å²) in [6.07, 6.45) is 8.48. The third kappa shape index (κ3) is 4.10. The normalized spacial score (nSPS) is 22.4. The lowest BCUT2D eigenvalue weighted by Crippen LogP contribution is -2.34. The van der Waals surface area contributed by atoms with Crippen molar-refractivity contribution >= 4 is 0 Å². The summed E-state index contributed by atoms with van der Waals surface area (Å²) in [4.78, 5) is 0. The van der Waals surface area contributed by atoms with Gasteiger partial charge in [0, 0.05) is 0 Å². The molecule has 0 heterocycles. The Labute approximate surface area is 93.6 Å². The van der Waals surface area contributed by atoms with E-state index < -0.39 is 5.67 Å². The fourth-order valence-electron chi connectivity index (χ4n) is 3.03. The minimum absolute atomic E-state index is 0.167. The quantitative estimate of drug-likeness (QED) is 0.711. The summed E-state index contributed by atoms with van der Waals surface area (Å²) in [6.45, 7) is 4.06. The van der Waals surface area contributed by atoms with Gasteiger partial charge in [-0.1, -0.05) is 38.5 Å². The molecule has 0 spiro atoms. The summed E-state index contributed by atoms with van der Waals surface area (Å²) in [7, 11) is 0. The van der Waals surface area contributed by atoms with Crippen LogP contribution in [0.1, 0.15) is 58.8 Å². The van der Waals surface area contributed by atoms with Crippen LogP contribution in [0.25, 0.3) is 0 Å². The van der Waals surface area contributed by atoms with Crippen LogP contribution < -0.4 is 5.73 Å². The van der Waals surface area contributed by atoms with Crippen molar-refractivity contribution < 1.29 is 4.39 Å². The molecule has 2 N–H and O–H groups in total. The SMILES string of the molecule is CC(C)(F)C(CCN)C1CCCCCC1. The Kier molecular flexibility index (Phi) is 5.04. The zero-order chi connectivity index (χ0) is 11.3. The Bertz CT molecular complexity index is 166. The number of rotatable bonds is 4. The first kappa shape index (κ1) is 13.0. The van der Waals surface area contributed by atoms with Gasteiger partial charge in [0.05, 0.1) is 0 Å². The predicted octanol–water partition coefficient (Wildman–Crippen LogP) is 3.67. The van der Waals surface area contributed by atoms with Gasteiger partial charge in [-0.05, 0) is 38.6 Å². The summed E-state index contributed by atoms with van der Waals surface area (Å²) in [5.41, 5.74) is 4.54. The van der Waals surface area contributed by atoms with E-state index in [9.17, 15) is 4.39 Å². The first-order valence-electron chi connectivity index (χ1n) is 6.44. The minimum Gasteiger partial charge on any atom is -0.330 e. The average molecular weight is 215 g/mol. The van der Waals surface area contributed by atoms with Crippen molar-refractivity contribution in [2.45, 2.75) is 64.5 Å². The first-order valence-corrected chi connectivity index (χ1v) is 6.44. The van der Waals surface area contributed by atoms with Crippen molar-refractivity contribution in [1.29, 1.82) is 0 Å². The average Bonchev–Trinajstić information content (AvgIpc) is 2.40. The molecule has 0 bridgehead atoms. The number of hydrogen-bond acceptors (Lipinski definition) is 1. The molecule has 1 unspecified atom stereocenters. The van der Waals surface area contributed by atoms with Crippen LogP contribution in [-0.4, -0.2) is 12.2 Å². The van der Waals surface area contributed by atoms with E-state index in [4.69, 9.17) is 5.73 Å². The lowest BCUT2D eigenvalue weighted by Gasteiger charge is -2.33. The molecule has 1 nitrogen and oxygen atoms in total. The van der Waals surface area contributed by atoms with E-state index in [2.05, 4.69) is 0 Å². The highest BCUT2D eigenvalue weighted by Gasteiger charge is 2.34. The van der Waals surface area contributed by atoms with Crippen LogP contribution in [0.4, 0.5) is 4.39 Å². The van der Waals surface area contributed by atoms with Crippen LogP contribution >= 0.6 is 0 Å². The van der Waals surface area contributed by atoms with Gasteiger partial charge in [-0.3, -0.25) is 0 Å². The van der Waals surface area contributed by atoms with Crippen molar-refractivity contribution in [3.63, 3.8) is 0 Å². The molecule has 15 heavy (non-hydrogen) atoms. The second-order valence-corrected chi connectivity index (χ2v) is 5.50. The van der Waals surface area contributed by atoms with Gasteiger partial charge in [0.1, 0.15) is 5.67 Å². The molecule has 1 atom stereocenters. The molecule has 1 aliphatic rings. The van der Waals surface area contributed by atoms with E-state index in [0.717, 1.165) is 6.42 Å². The molecule has 0 aromatic heterocycles. The first-order chi connectivity index (χ1) is 7.05. The predicted molar refractivity (Wildman–Crippen MR) is 63.5 cm³/mol. The number of halogens is 1. The van der Waals surface area contributed by atoms with Gasteiger partial charge in [0.2, 0.25) is 0 Å². The van der Waals surface area contributed by atoms with E-state index in [1.54, 1.807) is 13.8 Å². The standard InChI is InChI=1S/C13H26FN/c1-13(2,14)12(9-10-15)11-7-5-3-4-6-8-11/h11-12H,3-10,15H2,1-2H3. The van der Waals surface area contributed by atoms with Gasteiger partial charge in [-0.25, -0.2) is 4.39 Å². The minimum atomic E-state index is -1.06. The Morgan fingerprint density at radius 3 is 2.13 bits per heavy atom. The van der Waals surface area contributed by atoms with E-state index in [1.165, 1.54) is 38.5 Å². The van der Waals surface area contributed by atoms with Gasteiger partial charge in [-0.2, -0.15) is 0 Å². The van der Waals surface area contributed by atoms with Gasteiger partial charge in [0.25, 0.3) is 0 Å². The summed E-state index contributed by atoms with van der Waals surface area (Å²) >= 11 is 0. The number of hydrogen-bond donors (Lipinski definition) is 1. The van der Waals surface area contributed by atoms with Gasteiger partial charge in [-0.15, -0.1) is 0 Å². The summed E-state index contributed by atoms with van der Waals surface area (Å²) in [6, 6.07) is 0. The van der Waals surface area contributed by atoms with Crippen molar-refractivity contribution in [3.8, 4) is 0 Å². The fourth-order valence-corrected chi connectivity index (χ4v) is 3.03. The van der Waals surface area contributed by atoms with Crippen LogP contribution in [0.3, 0.4) is 0 Å². The summed E-state index contributed by atoms with van der Waals surface area (Å²) < 4.78 is 14.1. The van der Waals surface area contributed by atoms with Crippen molar-refractivity contribution in [3.05, 3.63) is 0 Å². The third-order valence-electron chi connectivity index (χ3n) is 3.83. The molecule has 1 rings (SSSR count). The number of nitrogens with two attached hydrogens (primary N) is 1. The van der Waals surface area contributed by atoms with Crippen LogP contribution in [0.2, 0.25) is 0 Å². The van der Waals surface area contributed by atoms with Crippen molar-refractivity contribution in [2.75, 3.05) is 6.54 Å². The van der Waals surface area contributed by atoms with Crippen LogP contribution in [-0.2, 0) is 0 Å². The lowest BCUT2D eigenvalue weighted by molar-refractivity contribution is 0.0663. The maximum atomic E-state index is 14.1. The Morgan fingerprint density at radius 1 is 1.20 bits per heavy atom. The maximum absolute atomic E-state index is 14.1. The van der Waals surface area contributed by atoms with Gasteiger partial charge in [0.15, 0.2) is 0 Å². The van der Waals surface area contributed by atoms with E-state index in [-0.39, 0.29) is 5.92 Å². The highest BCUT2D eigenvalue weighted by atomic mass is 19.1. The van der Waals surface area contributed by atoms with E-state index in [0.29, 0.717) is 12.5 Å². The molecule has 0 aromatic rings. The second kappa shape index (κ2) is 5.83. The van der Waals surface area contributed by atoms with Crippen LogP contribution in [0.15, 0.2) is 0 Å². The van der Waals surface area contributed by atoms with E-state index in [1.807, 2.05) is 0 Å². The second-order valence-electron chi connectivity index (χ2n) is 5.50. The Balaban J connectivity index is 2.60. The van der Waals surface area contributed by atoms with Crippen molar-refractivity contribution in [1.82, 2.24) is 0 Å². The van der Waals surface area contributed by atoms with E-state index >= 15 is 0 Å². The zero-order valence-electron chi connectivity index (χ0n) is 10.3. The monoisotopic (exact) mass is 215 g/mol. The Morgan fingerprint density at radius 2 is 1.73 bits per heavy atom. The largest absolute Gasteiger partial charge is 0.330 e. The molecular weight excluding hydrogens is 189 g/mol. The summed E-state index contributed by atoms with van der Waals surface area (Å²) in [5.74, 6) is 0.733. The maximum Gasteiger partial charge on any atom is 0.108 e. The van der Waals surface area contributed by atoms with Crippen LogP contribution in [0.5, 0.6) is 0 Å². The zero-order valence-corrected chi connectivity index (χ0v) is 10.3. The summed E-state index contributed by atoms with van der Waals surface area (Å²) in [5, 5.41) is 0. The lowest BCUT2D eigenvalue weighted by atomic mass is 9.75. The molecule has 90 valence electrons. The van der Waals surface area contributed by atoms with Gasteiger partial charge < -0.3 is 5.73 Å². The molecule has 0 amide bonds. The van der Waals surface area contributed by atoms with Crippen molar-refractivity contribution in [2.24, 2.45) is 17.6 Å². The smallest absolute Gasteiger partial charge is 0.108 e. The molecular formula is C13H26FN. The molecule has 1 fully saturated rings. The molecule has 0 aromatic carbocycles. The molecule has 1 aliphatic carbocycles. The Hall–Kier alpha value is -0.110. The molecule has 0 saturated heterocycles.